The van der Waals surface area contributed by atoms with Gasteiger partial charge in [-0.3, -0.25) is 0 Å². The fourth-order valence-electron chi connectivity index (χ4n) is 2.16. The Morgan fingerprint density at radius 1 is 0.929 bits per heavy atom. The zero-order valence-corrected chi connectivity index (χ0v) is 10.3. The van der Waals surface area contributed by atoms with Gasteiger partial charge in [-0.05, 0) is 0 Å². The normalized spacial score (nSPS) is 10.5. The first-order valence-electron chi connectivity index (χ1n) is 6.06. The molecule has 14 heavy (non-hydrogen) atoms. The van der Waals surface area contributed by atoms with Crippen LogP contribution in [0.5, 0.6) is 0 Å². The van der Waals surface area contributed by atoms with Crippen molar-refractivity contribution in [3.63, 3.8) is 0 Å². The average molecular weight is 190 g/mol. The van der Waals surface area contributed by atoms with Crippen molar-refractivity contribution in [2.75, 3.05) is 0 Å². The van der Waals surface area contributed by atoms with Gasteiger partial charge < -0.3 is 0 Å². The van der Waals surface area contributed by atoms with E-state index in [0.29, 0.717) is 0 Å². The van der Waals surface area contributed by atoms with Crippen molar-refractivity contribution < 1.29 is 0 Å². The van der Waals surface area contributed by atoms with Crippen LogP contribution in [0.3, 0.4) is 0 Å². The molecule has 0 heterocycles. The molecule has 0 amide bonds. The molecule has 0 aromatic heterocycles. The van der Waals surface area contributed by atoms with E-state index in [4.69, 9.17) is 0 Å². The molecule has 0 atom stereocenters. The van der Waals surface area contributed by atoms with Crippen molar-refractivity contribution >= 4 is 25.6 Å². The number of unbranched alkanes of at least 4 members (excludes halogenated alkanes) is 1. The molecule has 0 bridgehead atoms. The van der Waals surface area contributed by atoms with Gasteiger partial charge in [-0.25, -0.2) is 0 Å². The molecular formula is C12H28BLi. The van der Waals surface area contributed by atoms with Crippen LogP contribution in [0.15, 0.2) is 0 Å². The molecular weight excluding hydrogens is 162 g/mol. The van der Waals surface area contributed by atoms with Gasteiger partial charge in [0.05, 0.1) is 0 Å². The molecule has 0 aliphatic rings. The summed E-state index contributed by atoms with van der Waals surface area (Å²) in [5.41, 5.74) is 0. The Balaban J connectivity index is 0. The second kappa shape index (κ2) is 10.2. The van der Waals surface area contributed by atoms with E-state index in [-0.39, 0.29) is 18.9 Å². The van der Waals surface area contributed by atoms with Crippen LogP contribution in [-0.4, -0.2) is 25.6 Å². The van der Waals surface area contributed by atoms with Gasteiger partial charge in [0.1, 0.15) is 6.71 Å². The predicted octanol–water partition coefficient (Wildman–Crippen LogP) is 3.94. The Morgan fingerprint density at radius 2 is 1.36 bits per heavy atom. The first kappa shape index (κ1) is 17.1. The topological polar surface area (TPSA) is 0 Å². The fourth-order valence-corrected chi connectivity index (χ4v) is 2.16. The molecule has 0 unspecified atom stereocenters. The van der Waals surface area contributed by atoms with Crippen molar-refractivity contribution in [2.45, 2.75) is 66.4 Å². The second-order valence-electron chi connectivity index (χ2n) is 5.27. The van der Waals surface area contributed by atoms with Crippen LogP contribution in [0, 0.1) is 11.8 Å². The SMILES string of the molecule is CCCCB(CC(C)C)CC(C)C.[LiH]. The summed E-state index contributed by atoms with van der Waals surface area (Å²) in [5, 5.41) is 0. The molecule has 0 aromatic carbocycles. The quantitative estimate of drug-likeness (QED) is 0.533. The van der Waals surface area contributed by atoms with Crippen LogP contribution in [0.4, 0.5) is 0 Å². The number of rotatable bonds is 7. The van der Waals surface area contributed by atoms with Crippen LogP contribution in [0.1, 0.15) is 47.5 Å². The van der Waals surface area contributed by atoms with Crippen LogP contribution in [-0.2, 0) is 0 Å². The van der Waals surface area contributed by atoms with Crippen molar-refractivity contribution in [1.82, 2.24) is 0 Å². The van der Waals surface area contributed by atoms with E-state index in [9.17, 15) is 0 Å². The molecule has 0 spiro atoms. The zero-order chi connectivity index (χ0) is 10.3. The molecule has 0 nitrogen and oxygen atoms in total. The maximum atomic E-state index is 2.35. The molecule has 0 aliphatic heterocycles. The van der Waals surface area contributed by atoms with E-state index < -0.39 is 0 Å². The predicted molar refractivity (Wildman–Crippen MR) is 71.9 cm³/mol. The van der Waals surface area contributed by atoms with E-state index in [1.54, 1.807) is 0 Å². The Bertz CT molecular complexity index is 103. The molecule has 0 radical (unpaired) electrons. The van der Waals surface area contributed by atoms with Crippen molar-refractivity contribution in [3.05, 3.63) is 0 Å². The van der Waals surface area contributed by atoms with Crippen molar-refractivity contribution in [1.29, 1.82) is 0 Å². The van der Waals surface area contributed by atoms with Gasteiger partial charge in [-0.15, -0.1) is 0 Å². The van der Waals surface area contributed by atoms with Gasteiger partial charge in [0, 0.05) is 0 Å². The number of hydrogen-bond acceptors (Lipinski definition) is 0. The molecule has 0 saturated carbocycles. The van der Waals surface area contributed by atoms with Crippen LogP contribution in [0.25, 0.3) is 0 Å². The monoisotopic (exact) mass is 190 g/mol. The van der Waals surface area contributed by atoms with Gasteiger partial charge >= 0.3 is 18.9 Å². The Kier molecular flexibility index (Phi) is 12.4. The van der Waals surface area contributed by atoms with E-state index in [0.717, 1.165) is 18.5 Å². The molecule has 0 aromatic rings. The van der Waals surface area contributed by atoms with Crippen molar-refractivity contribution in [2.24, 2.45) is 11.8 Å². The Labute approximate surface area is 104 Å². The minimum absolute atomic E-state index is 0. The third-order valence-corrected chi connectivity index (χ3v) is 2.58. The summed E-state index contributed by atoms with van der Waals surface area (Å²) in [6.07, 6.45) is 7.08. The first-order chi connectivity index (χ1) is 6.06. The van der Waals surface area contributed by atoms with Gasteiger partial charge in [-0.2, -0.15) is 0 Å². The van der Waals surface area contributed by atoms with E-state index in [2.05, 4.69) is 34.6 Å². The van der Waals surface area contributed by atoms with Crippen LogP contribution < -0.4 is 0 Å². The van der Waals surface area contributed by atoms with Gasteiger partial charge in [-0.1, -0.05) is 78.3 Å². The molecule has 0 saturated heterocycles. The third-order valence-electron chi connectivity index (χ3n) is 2.58. The Morgan fingerprint density at radius 3 is 1.64 bits per heavy atom. The summed E-state index contributed by atoms with van der Waals surface area (Å²) in [7, 11) is 0. The zero-order valence-electron chi connectivity index (χ0n) is 10.3. The molecule has 0 rings (SSSR count). The van der Waals surface area contributed by atoms with Crippen molar-refractivity contribution in [3.8, 4) is 0 Å². The molecule has 0 N–H and O–H groups in total. The van der Waals surface area contributed by atoms with E-state index >= 15 is 0 Å². The fraction of sp³-hybridized carbons (Fsp3) is 1.00. The summed E-state index contributed by atoms with van der Waals surface area (Å²) >= 11 is 0. The summed E-state index contributed by atoms with van der Waals surface area (Å²) in [4.78, 5) is 0. The number of hydrogen-bond donors (Lipinski definition) is 0. The summed E-state index contributed by atoms with van der Waals surface area (Å²) in [6.45, 7) is 12.7. The van der Waals surface area contributed by atoms with Crippen LogP contribution in [0.2, 0.25) is 19.0 Å². The molecule has 80 valence electrons. The van der Waals surface area contributed by atoms with E-state index in [1.807, 2.05) is 0 Å². The minimum atomic E-state index is 0. The molecule has 2 heteroatoms. The summed E-state index contributed by atoms with van der Waals surface area (Å²) in [6, 6.07) is 0. The Hall–Kier alpha value is 0.662. The maximum absolute atomic E-state index is 2.35. The van der Waals surface area contributed by atoms with Crippen LogP contribution >= 0.6 is 0 Å². The van der Waals surface area contributed by atoms with Gasteiger partial charge in [0.2, 0.25) is 0 Å². The molecule has 0 fully saturated rings. The summed E-state index contributed by atoms with van der Waals surface area (Å²) < 4.78 is 0. The standard InChI is InChI=1S/C12H27B.Li.H/c1-6-7-8-13(9-11(2)3)10-12(4)5;;/h11-12H,6-10H2,1-5H3;;. The molecule has 0 aliphatic carbocycles. The second-order valence-corrected chi connectivity index (χ2v) is 5.27. The summed E-state index contributed by atoms with van der Waals surface area (Å²) in [5.74, 6) is 1.75. The third kappa shape index (κ3) is 10.7. The van der Waals surface area contributed by atoms with E-state index in [1.165, 1.54) is 31.8 Å². The van der Waals surface area contributed by atoms with Gasteiger partial charge in [0.15, 0.2) is 0 Å². The van der Waals surface area contributed by atoms with Gasteiger partial charge in [0.25, 0.3) is 0 Å². The average Bonchev–Trinajstić information content (AvgIpc) is 1.98. The first-order valence-corrected chi connectivity index (χ1v) is 6.06.